The number of rotatable bonds is 5. The number of hydrogen-bond donors (Lipinski definition) is 2. The van der Waals surface area contributed by atoms with Gasteiger partial charge in [-0.1, -0.05) is 11.6 Å². The van der Waals surface area contributed by atoms with E-state index in [1.165, 1.54) is 11.3 Å². The van der Waals surface area contributed by atoms with Crippen molar-refractivity contribution >= 4 is 60.3 Å². The number of thiophene rings is 1. The van der Waals surface area contributed by atoms with E-state index in [-0.39, 0.29) is 0 Å². The molecule has 108 valence electrons. The van der Waals surface area contributed by atoms with Gasteiger partial charge in [0.1, 0.15) is 4.34 Å². The van der Waals surface area contributed by atoms with Gasteiger partial charge in [-0.3, -0.25) is 4.72 Å². The molecule has 0 spiro atoms. The molecule has 0 saturated carbocycles. The lowest BCUT2D eigenvalue weighted by atomic mass is 10.3. The Kier molecular flexibility index (Phi) is 4.95. The molecule has 1 heterocycles. The zero-order chi connectivity index (χ0) is 14.8. The minimum atomic E-state index is -3.24. The van der Waals surface area contributed by atoms with Gasteiger partial charge in [0, 0.05) is 27.3 Å². The van der Waals surface area contributed by atoms with E-state index < -0.39 is 10.0 Å². The third kappa shape index (κ3) is 4.66. The van der Waals surface area contributed by atoms with Crippen LogP contribution in [-0.4, -0.2) is 14.7 Å². The number of anilines is 2. The number of nitrogens with one attached hydrogen (secondary N) is 2. The van der Waals surface area contributed by atoms with Crippen molar-refractivity contribution in [3.05, 3.63) is 44.0 Å². The number of benzene rings is 1. The summed E-state index contributed by atoms with van der Waals surface area (Å²) in [6.45, 7) is 0.662. The van der Waals surface area contributed by atoms with Gasteiger partial charge in [-0.15, -0.1) is 11.3 Å². The maximum atomic E-state index is 11.1. The molecule has 1 aromatic carbocycles. The fourth-order valence-corrected chi connectivity index (χ4v) is 3.83. The molecule has 0 aliphatic carbocycles. The monoisotopic (exact) mass is 394 g/mol. The summed E-state index contributed by atoms with van der Waals surface area (Å²) in [6, 6.07) is 9.02. The van der Waals surface area contributed by atoms with Crippen molar-refractivity contribution < 1.29 is 8.42 Å². The molecule has 0 bridgehead atoms. The molecule has 0 unspecified atom stereocenters. The van der Waals surface area contributed by atoms with Crippen LogP contribution in [0.4, 0.5) is 11.4 Å². The summed E-state index contributed by atoms with van der Waals surface area (Å²) < 4.78 is 26.2. The largest absolute Gasteiger partial charge is 0.380 e. The topological polar surface area (TPSA) is 58.2 Å². The van der Waals surface area contributed by atoms with Crippen molar-refractivity contribution in [3.8, 4) is 0 Å². The van der Waals surface area contributed by atoms with E-state index in [1.807, 2.05) is 18.2 Å². The fourth-order valence-electron chi connectivity index (χ4n) is 1.54. The molecule has 2 aromatic rings. The highest BCUT2D eigenvalue weighted by Crippen LogP contribution is 2.32. The van der Waals surface area contributed by atoms with Crippen LogP contribution in [0.15, 0.2) is 34.8 Å². The van der Waals surface area contributed by atoms with Crippen LogP contribution >= 0.6 is 38.9 Å². The predicted molar refractivity (Wildman–Crippen MR) is 89.3 cm³/mol. The highest BCUT2D eigenvalue weighted by atomic mass is 79.9. The van der Waals surface area contributed by atoms with Crippen molar-refractivity contribution in [3.63, 3.8) is 0 Å². The first-order valence-electron chi connectivity index (χ1n) is 5.59. The molecule has 4 nitrogen and oxygen atoms in total. The van der Waals surface area contributed by atoms with E-state index in [1.54, 1.807) is 12.1 Å². The molecule has 0 aliphatic rings. The molecule has 20 heavy (non-hydrogen) atoms. The van der Waals surface area contributed by atoms with Crippen LogP contribution in [0, 0.1) is 0 Å². The smallest absolute Gasteiger partial charge is 0.229 e. The fraction of sp³-hybridized carbons (Fsp3) is 0.167. The third-order valence-electron chi connectivity index (χ3n) is 2.35. The van der Waals surface area contributed by atoms with Gasteiger partial charge < -0.3 is 5.32 Å². The minimum absolute atomic E-state index is 0.542. The molecule has 1 aromatic heterocycles. The van der Waals surface area contributed by atoms with Crippen molar-refractivity contribution in [2.45, 2.75) is 6.54 Å². The summed E-state index contributed by atoms with van der Waals surface area (Å²) in [6.07, 6.45) is 1.12. The van der Waals surface area contributed by atoms with Crippen LogP contribution in [0.2, 0.25) is 4.34 Å². The van der Waals surface area contributed by atoms with Gasteiger partial charge in [-0.25, -0.2) is 8.42 Å². The summed E-state index contributed by atoms with van der Waals surface area (Å²) in [5, 5.41) is 3.25. The van der Waals surface area contributed by atoms with E-state index in [0.29, 0.717) is 12.2 Å². The lowest BCUT2D eigenvalue weighted by Crippen LogP contribution is -2.09. The van der Waals surface area contributed by atoms with E-state index in [4.69, 9.17) is 11.6 Å². The van der Waals surface area contributed by atoms with E-state index >= 15 is 0 Å². The maximum absolute atomic E-state index is 11.1. The number of hydrogen-bond acceptors (Lipinski definition) is 4. The van der Waals surface area contributed by atoms with Gasteiger partial charge in [0.25, 0.3) is 0 Å². The third-order valence-corrected chi connectivity index (χ3v) is 5.43. The molecule has 0 saturated heterocycles. The van der Waals surface area contributed by atoms with E-state index in [0.717, 1.165) is 25.6 Å². The van der Waals surface area contributed by atoms with Crippen LogP contribution in [-0.2, 0) is 16.6 Å². The van der Waals surface area contributed by atoms with Crippen molar-refractivity contribution in [2.24, 2.45) is 0 Å². The van der Waals surface area contributed by atoms with Crippen LogP contribution in [0.3, 0.4) is 0 Å². The Hall–Kier alpha value is -0.760. The molecule has 0 fully saturated rings. The number of halogens is 2. The Morgan fingerprint density at radius 3 is 2.35 bits per heavy atom. The van der Waals surface area contributed by atoms with Crippen LogP contribution in [0.1, 0.15) is 4.88 Å². The first kappa shape index (κ1) is 15.6. The summed E-state index contributed by atoms with van der Waals surface area (Å²) >= 11 is 10.8. The Labute approximate surface area is 135 Å². The summed E-state index contributed by atoms with van der Waals surface area (Å²) in [4.78, 5) is 1.11. The molecule has 0 aliphatic heterocycles. The van der Waals surface area contributed by atoms with Gasteiger partial charge in [-0.05, 0) is 46.3 Å². The van der Waals surface area contributed by atoms with Gasteiger partial charge >= 0.3 is 0 Å². The minimum Gasteiger partial charge on any atom is -0.380 e. The van der Waals surface area contributed by atoms with Gasteiger partial charge in [-0.2, -0.15) is 0 Å². The molecule has 2 N–H and O–H groups in total. The van der Waals surface area contributed by atoms with Crippen LogP contribution in [0.25, 0.3) is 0 Å². The second-order valence-corrected chi connectivity index (χ2v) is 8.48. The SMILES string of the molecule is CS(=O)(=O)Nc1ccc(NCc2cc(Br)c(Cl)s2)cc1. The second-order valence-electron chi connectivity index (χ2n) is 4.14. The maximum Gasteiger partial charge on any atom is 0.229 e. The summed E-state index contributed by atoms with van der Waals surface area (Å²) in [5.74, 6) is 0. The lowest BCUT2D eigenvalue weighted by Gasteiger charge is -2.07. The first-order valence-corrected chi connectivity index (χ1v) is 9.47. The first-order chi connectivity index (χ1) is 9.33. The number of sulfonamides is 1. The van der Waals surface area contributed by atoms with Gasteiger partial charge in [0.05, 0.1) is 6.26 Å². The zero-order valence-corrected chi connectivity index (χ0v) is 14.5. The Morgan fingerprint density at radius 1 is 1.25 bits per heavy atom. The quantitative estimate of drug-likeness (QED) is 0.799. The average molecular weight is 396 g/mol. The predicted octanol–water partition coefficient (Wildman–Crippen LogP) is 4.15. The van der Waals surface area contributed by atoms with Crippen molar-refractivity contribution in [2.75, 3.05) is 16.3 Å². The Balaban J connectivity index is 1.97. The van der Waals surface area contributed by atoms with Crippen molar-refractivity contribution in [1.29, 1.82) is 0 Å². The molecule has 0 radical (unpaired) electrons. The standard InChI is InChI=1S/C12H12BrClN2O2S2/c1-20(17,18)16-9-4-2-8(3-5-9)15-7-10-6-11(13)12(14)19-10/h2-6,15-16H,7H2,1H3. The molecular formula is C12H12BrClN2O2S2. The van der Waals surface area contributed by atoms with E-state index in [9.17, 15) is 8.42 Å². The average Bonchev–Trinajstić information content (AvgIpc) is 2.66. The van der Waals surface area contributed by atoms with Gasteiger partial charge in [0.15, 0.2) is 0 Å². The lowest BCUT2D eigenvalue weighted by molar-refractivity contribution is 0.607. The molecule has 0 atom stereocenters. The van der Waals surface area contributed by atoms with Crippen LogP contribution in [0.5, 0.6) is 0 Å². The van der Waals surface area contributed by atoms with Gasteiger partial charge in [0.2, 0.25) is 10.0 Å². The summed E-state index contributed by atoms with van der Waals surface area (Å²) in [7, 11) is -3.24. The summed E-state index contributed by atoms with van der Waals surface area (Å²) in [5.41, 5.74) is 1.45. The highest BCUT2D eigenvalue weighted by molar-refractivity contribution is 9.10. The van der Waals surface area contributed by atoms with Crippen molar-refractivity contribution in [1.82, 2.24) is 0 Å². The highest BCUT2D eigenvalue weighted by Gasteiger charge is 2.05. The Bertz CT molecular complexity index is 679. The molecule has 2 rings (SSSR count). The molecule has 8 heteroatoms. The van der Waals surface area contributed by atoms with Crippen LogP contribution < -0.4 is 10.0 Å². The molecule has 0 amide bonds. The normalized spacial score (nSPS) is 11.3. The second kappa shape index (κ2) is 6.34. The Morgan fingerprint density at radius 2 is 1.85 bits per heavy atom. The molecular weight excluding hydrogens is 384 g/mol. The van der Waals surface area contributed by atoms with E-state index in [2.05, 4.69) is 26.0 Å². The zero-order valence-electron chi connectivity index (χ0n) is 10.5.